The molecular weight excluding hydrogens is 262 g/mol. The normalized spacial score (nSPS) is 12.5. The third kappa shape index (κ3) is 4.49. The Balaban J connectivity index is 2.77. The van der Waals surface area contributed by atoms with Crippen LogP contribution in [0.15, 0.2) is 10.6 Å². The molecule has 0 atom stereocenters. The molecule has 0 amide bonds. The molecule has 0 aliphatic rings. The Labute approximate surface area is 118 Å². The topological polar surface area (TPSA) is 60.2 Å². The van der Waals surface area contributed by atoms with Gasteiger partial charge in [0.2, 0.25) is 0 Å². The molecule has 1 rings (SSSR count). The standard InChI is InChI=1S/C14H21NO3S/c1-9(16)19-14(5,6)11(17)7-10-8-12(18-15-10)13(2,3)4/h8H,7H2,1-6H3. The summed E-state index contributed by atoms with van der Waals surface area (Å²) in [6, 6.07) is 1.81. The predicted molar refractivity (Wildman–Crippen MR) is 76.3 cm³/mol. The SMILES string of the molecule is CC(=O)SC(C)(C)C(=O)Cc1cc(C(C)(C)C)on1. The highest BCUT2D eigenvalue weighted by atomic mass is 32.2. The van der Waals surface area contributed by atoms with Gasteiger partial charge in [0.05, 0.1) is 16.9 Å². The first kappa shape index (κ1) is 16.0. The van der Waals surface area contributed by atoms with Crippen LogP contribution in [0.2, 0.25) is 0 Å². The van der Waals surface area contributed by atoms with Gasteiger partial charge in [-0.3, -0.25) is 9.59 Å². The molecule has 106 valence electrons. The van der Waals surface area contributed by atoms with E-state index in [1.54, 1.807) is 13.8 Å². The fraction of sp³-hybridized carbons (Fsp3) is 0.643. The Morgan fingerprint density at radius 2 is 1.84 bits per heavy atom. The summed E-state index contributed by atoms with van der Waals surface area (Å²) in [5, 5.41) is 3.86. The second kappa shape index (κ2) is 5.49. The zero-order chi connectivity index (χ0) is 14.8. The van der Waals surface area contributed by atoms with Gasteiger partial charge in [-0.1, -0.05) is 37.7 Å². The molecule has 5 heteroatoms. The summed E-state index contributed by atoms with van der Waals surface area (Å²) >= 11 is 1.05. The van der Waals surface area contributed by atoms with Crippen molar-refractivity contribution in [1.82, 2.24) is 5.16 Å². The maximum absolute atomic E-state index is 12.2. The first-order valence-corrected chi connectivity index (χ1v) is 7.03. The maximum Gasteiger partial charge on any atom is 0.186 e. The van der Waals surface area contributed by atoms with E-state index in [1.165, 1.54) is 6.92 Å². The van der Waals surface area contributed by atoms with Gasteiger partial charge in [0.1, 0.15) is 5.76 Å². The second-order valence-corrected chi connectivity index (χ2v) is 7.94. The van der Waals surface area contributed by atoms with Crippen LogP contribution in [0.1, 0.15) is 53.0 Å². The third-order valence-corrected chi connectivity index (χ3v) is 3.74. The Kier molecular flexibility index (Phi) is 4.61. The molecule has 1 aromatic heterocycles. The van der Waals surface area contributed by atoms with Crippen LogP contribution in [-0.2, 0) is 21.4 Å². The molecule has 0 saturated heterocycles. The van der Waals surface area contributed by atoms with Crippen LogP contribution >= 0.6 is 11.8 Å². The van der Waals surface area contributed by atoms with Crippen LogP contribution in [0.3, 0.4) is 0 Å². The van der Waals surface area contributed by atoms with Crippen molar-refractivity contribution < 1.29 is 14.1 Å². The zero-order valence-corrected chi connectivity index (χ0v) is 13.2. The molecule has 1 aromatic rings. The highest BCUT2D eigenvalue weighted by molar-refractivity contribution is 8.15. The molecule has 0 unspecified atom stereocenters. The average molecular weight is 283 g/mol. The summed E-state index contributed by atoms with van der Waals surface area (Å²) in [5.74, 6) is 0.730. The lowest BCUT2D eigenvalue weighted by atomic mass is 9.92. The van der Waals surface area contributed by atoms with E-state index in [9.17, 15) is 9.59 Å². The molecule has 1 heterocycles. The minimum absolute atomic E-state index is 0.0264. The molecule has 0 N–H and O–H groups in total. The van der Waals surface area contributed by atoms with Crippen LogP contribution in [0.5, 0.6) is 0 Å². The van der Waals surface area contributed by atoms with E-state index >= 15 is 0 Å². The number of nitrogens with zero attached hydrogens (tertiary/aromatic N) is 1. The molecule has 0 fully saturated rings. The highest BCUT2D eigenvalue weighted by Crippen LogP contribution is 2.28. The summed E-state index contributed by atoms with van der Waals surface area (Å²) < 4.78 is 4.52. The summed E-state index contributed by atoms with van der Waals surface area (Å²) in [6.45, 7) is 11.0. The molecule has 0 aliphatic carbocycles. The van der Waals surface area contributed by atoms with Gasteiger partial charge in [0.25, 0.3) is 0 Å². The van der Waals surface area contributed by atoms with Crippen LogP contribution in [0.25, 0.3) is 0 Å². The van der Waals surface area contributed by atoms with Gasteiger partial charge < -0.3 is 4.52 Å². The van der Waals surface area contributed by atoms with Crippen molar-refractivity contribution in [3.63, 3.8) is 0 Å². The van der Waals surface area contributed by atoms with Crippen molar-refractivity contribution in [2.45, 2.75) is 58.1 Å². The molecule has 4 nitrogen and oxygen atoms in total. The summed E-state index contributed by atoms with van der Waals surface area (Å²) in [6.07, 6.45) is 0.187. The predicted octanol–water partition coefficient (Wildman–Crippen LogP) is 3.14. The van der Waals surface area contributed by atoms with Gasteiger partial charge in [-0.15, -0.1) is 0 Å². The van der Waals surface area contributed by atoms with Gasteiger partial charge in [0, 0.05) is 18.4 Å². The van der Waals surface area contributed by atoms with Crippen molar-refractivity contribution in [2.75, 3.05) is 0 Å². The van der Waals surface area contributed by atoms with Gasteiger partial charge >= 0.3 is 0 Å². The van der Waals surface area contributed by atoms with E-state index in [4.69, 9.17) is 4.52 Å². The Hall–Kier alpha value is -1.10. The lowest BCUT2D eigenvalue weighted by Gasteiger charge is -2.19. The quantitative estimate of drug-likeness (QED) is 0.849. The van der Waals surface area contributed by atoms with E-state index in [2.05, 4.69) is 5.16 Å². The molecule has 0 spiro atoms. The minimum atomic E-state index is -0.729. The monoisotopic (exact) mass is 283 g/mol. The molecule has 19 heavy (non-hydrogen) atoms. The highest BCUT2D eigenvalue weighted by Gasteiger charge is 2.31. The lowest BCUT2D eigenvalue weighted by molar-refractivity contribution is -0.120. The van der Waals surface area contributed by atoms with Crippen molar-refractivity contribution in [1.29, 1.82) is 0 Å². The van der Waals surface area contributed by atoms with Gasteiger partial charge in [-0.05, 0) is 13.8 Å². The number of rotatable bonds is 4. The Bertz CT molecular complexity index is 483. The van der Waals surface area contributed by atoms with Crippen molar-refractivity contribution in [3.05, 3.63) is 17.5 Å². The smallest absolute Gasteiger partial charge is 0.186 e. The molecule has 0 radical (unpaired) electrons. The molecule has 0 aliphatic heterocycles. The first-order valence-electron chi connectivity index (χ1n) is 6.21. The second-order valence-electron chi connectivity index (χ2n) is 6.14. The molecule has 0 saturated carbocycles. The Morgan fingerprint density at radius 1 is 1.26 bits per heavy atom. The molecule has 0 bridgehead atoms. The van der Waals surface area contributed by atoms with E-state index < -0.39 is 4.75 Å². The molecule has 0 aromatic carbocycles. The summed E-state index contributed by atoms with van der Waals surface area (Å²) in [4.78, 5) is 23.3. The number of ketones is 1. The lowest BCUT2D eigenvalue weighted by Crippen LogP contribution is -2.30. The minimum Gasteiger partial charge on any atom is -0.361 e. The number of hydrogen-bond acceptors (Lipinski definition) is 5. The molecular formula is C14H21NO3S. The van der Waals surface area contributed by atoms with Crippen molar-refractivity contribution >= 4 is 22.7 Å². The van der Waals surface area contributed by atoms with Crippen LogP contribution in [0.4, 0.5) is 0 Å². The zero-order valence-electron chi connectivity index (χ0n) is 12.4. The average Bonchev–Trinajstić information content (AvgIpc) is 2.63. The van der Waals surface area contributed by atoms with Crippen LogP contribution in [0, 0.1) is 0 Å². The van der Waals surface area contributed by atoms with Crippen LogP contribution in [-0.4, -0.2) is 20.8 Å². The van der Waals surface area contributed by atoms with Gasteiger partial charge in [-0.2, -0.15) is 0 Å². The number of carbonyl (C=O) groups excluding carboxylic acids is 2. The number of carbonyl (C=O) groups is 2. The van der Waals surface area contributed by atoms with E-state index in [0.717, 1.165) is 17.5 Å². The number of aromatic nitrogens is 1. The van der Waals surface area contributed by atoms with Crippen molar-refractivity contribution in [2.24, 2.45) is 0 Å². The summed E-state index contributed by atoms with van der Waals surface area (Å²) in [5.41, 5.74) is 0.491. The number of thioether (sulfide) groups is 1. The largest absolute Gasteiger partial charge is 0.361 e. The van der Waals surface area contributed by atoms with Crippen molar-refractivity contribution in [3.8, 4) is 0 Å². The van der Waals surface area contributed by atoms with Crippen LogP contribution < -0.4 is 0 Å². The third-order valence-electron chi connectivity index (χ3n) is 2.71. The Morgan fingerprint density at radius 3 is 2.26 bits per heavy atom. The fourth-order valence-corrected chi connectivity index (χ4v) is 2.45. The fourth-order valence-electron chi connectivity index (χ4n) is 1.54. The van der Waals surface area contributed by atoms with Gasteiger partial charge in [0.15, 0.2) is 10.9 Å². The maximum atomic E-state index is 12.2. The summed E-state index contributed by atoms with van der Waals surface area (Å²) in [7, 11) is 0. The number of Topliss-reactive ketones (excluding diaryl/α,β-unsaturated/α-hetero) is 1. The van der Waals surface area contributed by atoms with E-state index in [1.807, 2.05) is 26.8 Å². The van der Waals surface area contributed by atoms with E-state index in [-0.39, 0.29) is 22.7 Å². The number of hydrogen-bond donors (Lipinski definition) is 0. The first-order chi connectivity index (χ1) is 8.52. The van der Waals surface area contributed by atoms with E-state index in [0.29, 0.717) is 5.69 Å². The van der Waals surface area contributed by atoms with Gasteiger partial charge in [-0.25, -0.2) is 0 Å².